The van der Waals surface area contributed by atoms with Crippen molar-refractivity contribution in [1.29, 1.82) is 0 Å². The number of rotatable bonds is 4. The van der Waals surface area contributed by atoms with E-state index >= 15 is 0 Å². The van der Waals surface area contributed by atoms with E-state index in [1.54, 1.807) is 13.8 Å². The predicted octanol–water partition coefficient (Wildman–Crippen LogP) is 0.732. The van der Waals surface area contributed by atoms with Crippen LogP contribution in [0.3, 0.4) is 0 Å². The summed E-state index contributed by atoms with van der Waals surface area (Å²) in [6.45, 7) is 7.04. The van der Waals surface area contributed by atoms with E-state index in [-0.39, 0.29) is 5.97 Å². The van der Waals surface area contributed by atoms with E-state index in [0.717, 1.165) is 0 Å². The number of hydrogen-bond acceptors (Lipinski definition) is 3. The van der Waals surface area contributed by atoms with Gasteiger partial charge in [0.25, 0.3) is 0 Å². The average molecular weight is 158 g/mol. The second kappa shape index (κ2) is 4.91. The Morgan fingerprint density at radius 2 is 2.36 bits per heavy atom. The van der Waals surface area contributed by atoms with Crippen LogP contribution in [0.25, 0.3) is 0 Å². The largest absolute Gasteiger partial charge is 0.466 e. The van der Waals surface area contributed by atoms with Crippen LogP contribution >= 0.6 is 0 Å². The summed E-state index contributed by atoms with van der Waals surface area (Å²) >= 11 is 0. The minimum atomic E-state index is -0.811. The molecule has 0 radical (unpaired) electrons. The maximum atomic E-state index is 10.9. The maximum Gasteiger partial charge on any atom is 0.311 e. The number of carbonyl (C=O) groups is 1. The second-order valence-electron chi connectivity index (χ2n) is 2.27. The fourth-order valence-corrected chi connectivity index (χ4v) is 0.617. The second-order valence-corrected chi connectivity index (χ2v) is 2.27. The first-order valence-corrected chi connectivity index (χ1v) is 3.60. The number of aliphatic hydroxyl groups is 1. The van der Waals surface area contributed by atoms with Crippen LogP contribution in [0.2, 0.25) is 0 Å². The molecule has 0 rings (SSSR count). The predicted molar refractivity (Wildman–Crippen MR) is 42.0 cm³/mol. The highest BCUT2D eigenvalue weighted by Crippen LogP contribution is 2.05. The van der Waals surface area contributed by atoms with Gasteiger partial charge in [0.2, 0.25) is 0 Å². The molecule has 0 amide bonds. The van der Waals surface area contributed by atoms with Crippen molar-refractivity contribution < 1.29 is 14.6 Å². The Balaban J connectivity index is 3.90. The normalized spacial score (nSPS) is 15.2. The van der Waals surface area contributed by atoms with Crippen LogP contribution in [0.1, 0.15) is 13.8 Å². The Bertz CT molecular complexity index is 142. The SMILES string of the molecule is C=C[C@@H](O)[C@@H](C)C(=O)OCC. The monoisotopic (exact) mass is 158 g/mol. The van der Waals surface area contributed by atoms with E-state index < -0.39 is 12.0 Å². The molecule has 0 aliphatic carbocycles. The van der Waals surface area contributed by atoms with Crippen molar-refractivity contribution in [3.63, 3.8) is 0 Å². The molecular formula is C8H14O3. The summed E-state index contributed by atoms with van der Waals surface area (Å²) in [5.74, 6) is -0.910. The van der Waals surface area contributed by atoms with Crippen LogP contribution in [0, 0.1) is 5.92 Å². The molecule has 0 spiro atoms. The molecule has 0 saturated heterocycles. The Morgan fingerprint density at radius 1 is 1.82 bits per heavy atom. The van der Waals surface area contributed by atoms with E-state index in [0.29, 0.717) is 6.61 Å². The molecule has 0 heterocycles. The zero-order chi connectivity index (χ0) is 8.85. The number of hydrogen-bond donors (Lipinski definition) is 1. The highest BCUT2D eigenvalue weighted by Gasteiger charge is 2.19. The van der Waals surface area contributed by atoms with Crippen LogP contribution in [-0.2, 0) is 9.53 Å². The molecule has 2 atom stereocenters. The van der Waals surface area contributed by atoms with Crippen molar-refractivity contribution in [2.75, 3.05) is 6.61 Å². The Hall–Kier alpha value is -0.830. The van der Waals surface area contributed by atoms with E-state index in [1.807, 2.05) is 0 Å². The summed E-state index contributed by atoms with van der Waals surface area (Å²) in [6, 6.07) is 0. The van der Waals surface area contributed by atoms with Crippen molar-refractivity contribution in [1.82, 2.24) is 0 Å². The highest BCUT2D eigenvalue weighted by atomic mass is 16.5. The number of carbonyl (C=O) groups excluding carboxylic acids is 1. The Morgan fingerprint density at radius 3 is 2.73 bits per heavy atom. The molecule has 0 aromatic heterocycles. The first kappa shape index (κ1) is 10.2. The van der Waals surface area contributed by atoms with E-state index in [1.165, 1.54) is 6.08 Å². The molecule has 1 N–H and O–H groups in total. The van der Waals surface area contributed by atoms with Crippen molar-refractivity contribution in [2.24, 2.45) is 5.92 Å². The zero-order valence-electron chi connectivity index (χ0n) is 6.91. The van der Waals surface area contributed by atoms with Gasteiger partial charge in [-0.2, -0.15) is 0 Å². The molecule has 3 heteroatoms. The van der Waals surface area contributed by atoms with Gasteiger partial charge in [0, 0.05) is 0 Å². The maximum absolute atomic E-state index is 10.9. The first-order chi connectivity index (χ1) is 5.13. The van der Waals surface area contributed by atoms with Gasteiger partial charge in [0.15, 0.2) is 0 Å². The van der Waals surface area contributed by atoms with Gasteiger partial charge < -0.3 is 9.84 Å². The summed E-state index contributed by atoms with van der Waals surface area (Å²) in [4.78, 5) is 10.9. The number of esters is 1. The molecule has 3 nitrogen and oxygen atoms in total. The van der Waals surface area contributed by atoms with Crippen LogP contribution in [0.15, 0.2) is 12.7 Å². The molecule has 0 aromatic carbocycles. The van der Waals surface area contributed by atoms with Gasteiger partial charge in [0.1, 0.15) is 0 Å². The molecule has 0 aromatic rings. The molecule has 0 aliphatic rings. The van der Waals surface area contributed by atoms with Crippen molar-refractivity contribution >= 4 is 5.97 Å². The van der Waals surface area contributed by atoms with Crippen molar-refractivity contribution in [3.05, 3.63) is 12.7 Å². The summed E-state index contributed by atoms with van der Waals surface area (Å²) in [7, 11) is 0. The Kier molecular flexibility index (Phi) is 4.54. The molecule has 0 bridgehead atoms. The molecule has 0 unspecified atom stereocenters. The van der Waals surface area contributed by atoms with Gasteiger partial charge >= 0.3 is 5.97 Å². The quantitative estimate of drug-likeness (QED) is 0.484. The summed E-state index contributed by atoms with van der Waals surface area (Å²) in [6.07, 6.45) is 0.510. The number of aliphatic hydroxyl groups excluding tert-OH is 1. The minimum absolute atomic E-state index is 0.340. The van der Waals surface area contributed by atoms with Crippen molar-refractivity contribution in [2.45, 2.75) is 20.0 Å². The van der Waals surface area contributed by atoms with E-state index in [9.17, 15) is 4.79 Å². The average Bonchev–Trinajstić information content (AvgIpc) is 2.02. The molecular weight excluding hydrogens is 144 g/mol. The zero-order valence-corrected chi connectivity index (χ0v) is 6.91. The fraction of sp³-hybridized carbons (Fsp3) is 0.625. The summed E-state index contributed by atoms with van der Waals surface area (Å²) in [5, 5.41) is 9.10. The smallest absolute Gasteiger partial charge is 0.311 e. The molecule has 64 valence electrons. The van der Waals surface area contributed by atoms with E-state index in [4.69, 9.17) is 5.11 Å². The highest BCUT2D eigenvalue weighted by molar-refractivity contribution is 5.72. The van der Waals surface area contributed by atoms with Crippen LogP contribution < -0.4 is 0 Å². The first-order valence-electron chi connectivity index (χ1n) is 3.60. The minimum Gasteiger partial charge on any atom is -0.466 e. The van der Waals surface area contributed by atoms with Gasteiger partial charge in [-0.15, -0.1) is 6.58 Å². The molecule has 0 fully saturated rings. The Labute approximate surface area is 66.7 Å². The van der Waals surface area contributed by atoms with Gasteiger partial charge in [0.05, 0.1) is 18.6 Å². The third-order valence-corrected chi connectivity index (χ3v) is 1.41. The standard InChI is InChI=1S/C8H14O3/c1-4-7(9)6(3)8(10)11-5-2/h4,6-7,9H,1,5H2,2-3H3/t6-,7-/m1/s1. The third-order valence-electron chi connectivity index (χ3n) is 1.41. The van der Waals surface area contributed by atoms with Gasteiger partial charge in [-0.3, -0.25) is 4.79 Å². The van der Waals surface area contributed by atoms with Crippen LogP contribution in [0.4, 0.5) is 0 Å². The van der Waals surface area contributed by atoms with Gasteiger partial charge in [-0.25, -0.2) is 0 Å². The topological polar surface area (TPSA) is 46.5 Å². The summed E-state index contributed by atoms with van der Waals surface area (Å²) < 4.78 is 4.68. The van der Waals surface area contributed by atoms with E-state index in [2.05, 4.69) is 11.3 Å². The van der Waals surface area contributed by atoms with Crippen molar-refractivity contribution in [3.8, 4) is 0 Å². The lowest BCUT2D eigenvalue weighted by atomic mass is 10.1. The summed E-state index contributed by atoms with van der Waals surface area (Å²) in [5.41, 5.74) is 0. The number of ether oxygens (including phenoxy) is 1. The fourth-order valence-electron chi connectivity index (χ4n) is 0.617. The lowest BCUT2D eigenvalue weighted by Crippen LogP contribution is -2.25. The lowest BCUT2D eigenvalue weighted by molar-refractivity contribution is -0.150. The molecule has 0 saturated carbocycles. The van der Waals surface area contributed by atoms with Gasteiger partial charge in [-0.05, 0) is 13.8 Å². The third kappa shape index (κ3) is 3.18. The van der Waals surface area contributed by atoms with Gasteiger partial charge in [-0.1, -0.05) is 6.08 Å². The molecule has 11 heavy (non-hydrogen) atoms. The lowest BCUT2D eigenvalue weighted by Gasteiger charge is -2.12. The molecule has 0 aliphatic heterocycles. The van der Waals surface area contributed by atoms with Crippen LogP contribution in [0.5, 0.6) is 0 Å². The van der Waals surface area contributed by atoms with Crippen LogP contribution in [-0.4, -0.2) is 23.8 Å².